The second-order valence-corrected chi connectivity index (χ2v) is 26.9. The molecular formula is C54H68N8O7Si. The predicted molar refractivity (Wildman–Crippen MR) is 273 cm³/mol. The summed E-state index contributed by atoms with van der Waals surface area (Å²) in [6, 6.07) is 15.2. The van der Waals surface area contributed by atoms with Gasteiger partial charge in [-0.15, -0.1) is 0 Å². The molecule has 15 nitrogen and oxygen atoms in total. The SMILES string of the molecule is Cc1nn(CCCCCCCC#Cc2cccc3c2CN(C2CCC(=O)N(COCC[Si](C)(C)C)C2=O)C3=O)c2cc(C(=O)Nc3cc4c(cn3)cc([C@H]3CCCN3C)n4C(=O)OC(C)(C)C)ccc12. The number of anilines is 1. The molecular weight excluding hydrogens is 901 g/mol. The van der Waals surface area contributed by atoms with Crippen LogP contribution in [0.2, 0.25) is 25.7 Å². The van der Waals surface area contributed by atoms with Gasteiger partial charge in [-0.25, -0.2) is 14.3 Å². The Bertz CT molecular complexity index is 2880. The van der Waals surface area contributed by atoms with E-state index in [4.69, 9.17) is 14.6 Å². The molecule has 0 spiro atoms. The molecule has 0 bridgehead atoms. The molecule has 1 N–H and O–H groups in total. The van der Waals surface area contributed by atoms with Crippen molar-refractivity contribution in [2.45, 2.75) is 148 Å². The monoisotopic (exact) mass is 968 g/mol. The fourth-order valence-electron chi connectivity index (χ4n) is 9.74. The van der Waals surface area contributed by atoms with Crippen LogP contribution >= 0.6 is 0 Å². The highest BCUT2D eigenvalue weighted by atomic mass is 28.3. The van der Waals surface area contributed by atoms with E-state index < -0.39 is 25.8 Å². The Morgan fingerprint density at radius 2 is 1.73 bits per heavy atom. The molecule has 0 aliphatic carbocycles. The van der Waals surface area contributed by atoms with E-state index in [0.29, 0.717) is 35.5 Å². The largest absolute Gasteiger partial charge is 0.443 e. The van der Waals surface area contributed by atoms with Gasteiger partial charge in [0.05, 0.1) is 22.8 Å². The van der Waals surface area contributed by atoms with E-state index in [1.165, 1.54) is 4.90 Å². The minimum Gasteiger partial charge on any atom is -0.443 e. The number of nitrogens with zero attached hydrogens (tertiary/aromatic N) is 7. The zero-order chi connectivity index (χ0) is 49.9. The molecule has 5 aromatic rings. The number of nitrogens with one attached hydrogen (secondary N) is 1. The normalized spacial score (nSPS) is 17.7. The Morgan fingerprint density at radius 1 is 0.943 bits per heavy atom. The Labute approximate surface area is 412 Å². The summed E-state index contributed by atoms with van der Waals surface area (Å²) < 4.78 is 15.2. The van der Waals surface area contributed by atoms with Gasteiger partial charge < -0.3 is 19.7 Å². The maximum Gasteiger partial charge on any atom is 0.419 e. The number of likely N-dealkylation sites (tertiary alicyclic amines) is 2. The van der Waals surface area contributed by atoms with Crippen LogP contribution in [0, 0.1) is 18.8 Å². The first kappa shape index (κ1) is 50.2. The van der Waals surface area contributed by atoms with E-state index in [9.17, 15) is 24.0 Å². The molecule has 2 atom stereocenters. The standard InChI is InChI=1S/C54H68N8O7Si/c1-36-40-23-22-38(50(64)56-48-32-45-39(33-55-48)31-47(43-21-17-26-58(43)5)62(45)53(67)69-54(2,3)4)30-46(40)61(57-36)27-15-13-11-9-10-12-14-18-37-19-16-20-41-42(37)34-59(51(41)65)44-24-25-49(63)60(52(44)66)35-68-28-29-70(6,7)8/h16,19-20,22-23,30-33,43-44H,9-13,15,17,21,24-29,34-35H2,1-8H3,(H,55,56,64)/t43-,44?/m1/s1. The van der Waals surface area contributed by atoms with Crippen LogP contribution < -0.4 is 5.32 Å². The van der Waals surface area contributed by atoms with Crippen molar-refractivity contribution >= 4 is 65.4 Å². The van der Waals surface area contributed by atoms with Gasteiger partial charge in [0.15, 0.2) is 0 Å². The van der Waals surface area contributed by atoms with E-state index in [-0.39, 0.29) is 49.4 Å². The zero-order valence-electron chi connectivity index (χ0n) is 42.2. The van der Waals surface area contributed by atoms with Crippen molar-refractivity contribution in [2.24, 2.45) is 0 Å². The number of carbonyl (C=O) groups excluding carboxylic acids is 5. The highest BCUT2D eigenvalue weighted by molar-refractivity contribution is 6.76. The number of hydrogen-bond acceptors (Lipinski definition) is 10. The second kappa shape index (κ2) is 21.1. The molecule has 3 aliphatic rings. The number of carbonyl (C=O) groups is 5. The van der Waals surface area contributed by atoms with E-state index in [2.05, 4.69) is 53.7 Å². The topological polar surface area (TPSA) is 161 Å². The highest BCUT2D eigenvalue weighted by Crippen LogP contribution is 2.36. The van der Waals surface area contributed by atoms with Crippen molar-refractivity contribution in [1.29, 1.82) is 0 Å². The number of piperidine rings is 1. The van der Waals surface area contributed by atoms with Crippen molar-refractivity contribution in [3.05, 3.63) is 88.4 Å². The highest BCUT2D eigenvalue weighted by Gasteiger charge is 2.43. The lowest BCUT2D eigenvalue weighted by Crippen LogP contribution is -2.55. The Hall–Kier alpha value is -6.15. The van der Waals surface area contributed by atoms with Crippen molar-refractivity contribution in [2.75, 3.05) is 32.2 Å². The maximum absolute atomic E-state index is 13.7. The fraction of sp³-hybridized carbons (Fsp3) is 0.500. The average Bonchev–Trinajstić information content (AvgIpc) is 4.07. The van der Waals surface area contributed by atoms with Gasteiger partial charge in [-0.1, -0.05) is 62.9 Å². The van der Waals surface area contributed by atoms with Crippen molar-refractivity contribution in [3.63, 3.8) is 0 Å². The van der Waals surface area contributed by atoms with E-state index in [1.807, 2.05) is 62.7 Å². The number of aryl methyl sites for hydroxylation is 2. The van der Waals surface area contributed by atoms with Gasteiger partial charge in [-0.3, -0.25) is 33.7 Å². The molecule has 370 valence electrons. The van der Waals surface area contributed by atoms with Crippen molar-refractivity contribution in [3.8, 4) is 11.8 Å². The molecule has 0 saturated carbocycles. The lowest BCUT2D eigenvalue weighted by atomic mass is 10.0. The first-order valence-corrected chi connectivity index (χ1v) is 28.6. The van der Waals surface area contributed by atoms with Crippen LogP contribution in [-0.2, 0) is 32.2 Å². The van der Waals surface area contributed by atoms with E-state index >= 15 is 0 Å². The summed E-state index contributed by atoms with van der Waals surface area (Å²) in [7, 11) is 0.742. The minimum atomic E-state index is -1.33. The van der Waals surface area contributed by atoms with Gasteiger partial charge in [0, 0.05) is 86.0 Å². The summed E-state index contributed by atoms with van der Waals surface area (Å²) in [4.78, 5) is 76.8. The van der Waals surface area contributed by atoms with E-state index in [0.717, 1.165) is 109 Å². The van der Waals surface area contributed by atoms with Gasteiger partial charge in [0.1, 0.15) is 24.2 Å². The summed E-state index contributed by atoms with van der Waals surface area (Å²) in [6.07, 6.45) is 9.39. The number of rotatable bonds is 16. The summed E-state index contributed by atoms with van der Waals surface area (Å²) in [6.45, 7) is 16.7. The predicted octanol–water partition coefficient (Wildman–Crippen LogP) is 9.67. The Morgan fingerprint density at radius 3 is 2.49 bits per heavy atom. The second-order valence-electron chi connectivity index (χ2n) is 21.3. The third kappa shape index (κ3) is 11.4. The van der Waals surface area contributed by atoms with Crippen LogP contribution in [0.25, 0.3) is 21.8 Å². The smallest absolute Gasteiger partial charge is 0.419 e. The summed E-state index contributed by atoms with van der Waals surface area (Å²) in [5.41, 5.74) is 5.28. The van der Waals surface area contributed by atoms with Gasteiger partial charge in [-0.2, -0.15) is 5.10 Å². The third-order valence-corrected chi connectivity index (χ3v) is 15.3. The van der Waals surface area contributed by atoms with Crippen LogP contribution in [0.3, 0.4) is 0 Å². The Balaban J connectivity index is 0.824. The lowest BCUT2D eigenvalue weighted by Gasteiger charge is -2.35. The first-order chi connectivity index (χ1) is 33.4. The molecule has 2 fully saturated rings. The molecule has 3 aromatic heterocycles. The lowest BCUT2D eigenvalue weighted by molar-refractivity contribution is -0.158. The third-order valence-electron chi connectivity index (χ3n) is 13.6. The quantitative estimate of drug-likeness (QED) is 0.0436. The van der Waals surface area contributed by atoms with Crippen molar-refractivity contribution < 1.29 is 33.4 Å². The number of ether oxygens (including phenoxy) is 2. The molecule has 2 saturated heterocycles. The number of amides is 4. The number of hydrogen-bond donors (Lipinski definition) is 1. The van der Waals surface area contributed by atoms with Gasteiger partial charge in [-0.05, 0) is 115 Å². The minimum absolute atomic E-state index is 0.0666. The van der Waals surface area contributed by atoms with Crippen LogP contribution in [0.4, 0.5) is 10.6 Å². The van der Waals surface area contributed by atoms with Gasteiger partial charge in [0.2, 0.25) is 5.91 Å². The molecule has 4 amide bonds. The summed E-state index contributed by atoms with van der Waals surface area (Å²) >= 11 is 0. The van der Waals surface area contributed by atoms with E-state index in [1.54, 1.807) is 33.9 Å². The van der Waals surface area contributed by atoms with Gasteiger partial charge >= 0.3 is 6.09 Å². The zero-order valence-corrected chi connectivity index (χ0v) is 43.2. The number of unbranched alkanes of at least 4 members (excludes halogenated alkanes) is 5. The molecule has 0 radical (unpaired) electrons. The van der Waals surface area contributed by atoms with Gasteiger partial charge in [0.25, 0.3) is 17.7 Å². The number of fused-ring (bicyclic) bond motifs is 3. The van der Waals surface area contributed by atoms with Crippen LogP contribution in [0.1, 0.15) is 134 Å². The summed E-state index contributed by atoms with van der Waals surface area (Å²) in [5.74, 6) is 5.82. The first-order valence-electron chi connectivity index (χ1n) is 24.9. The molecule has 1 unspecified atom stereocenters. The van der Waals surface area contributed by atoms with Crippen LogP contribution in [0.15, 0.2) is 54.7 Å². The number of aromatic nitrogens is 4. The Kier molecular flexibility index (Phi) is 15.1. The maximum atomic E-state index is 13.7. The fourth-order valence-corrected chi connectivity index (χ4v) is 10.5. The average molecular weight is 969 g/mol. The van der Waals surface area contributed by atoms with Crippen LogP contribution in [0.5, 0.6) is 0 Å². The number of imide groups is 1. The summed E-state index contributed by atoms with van der Waals surface area (Å²) in [5, 5.41) is 9.58. The molecule has 6 heterocycles. The molecule has 16 heteroatoms. The molecule has 2 aromatic carbocycles. The number of pyridine rings is 1. The molecule has 3 aliphatic heterocycles. The molecule has 8 rings (SSSR count). The van der Waals surface area contributed by atoms with Crippen LogP contribution in [-0.4, -0.2) is 110 Å². The molecule has 70 heavy (non-hydrogen) atoms. The van der Waals surface area contributed by atoms with Crippen molar-refractivity contribution in [1.82, 2.24) is 34.0 Å². The number of benzene rings is 2.